The minimum atomic E-state index is -4.64. The van der Waals surface area contributed by atoms with Gasteiger partial charge in [0.15, 0.2) is 0 Å². The van der Waals surface area contributed by atoms with Crippen LogP contribution in [0.3, 0.4) is 0 Å². The fourth-order valence-electron chi connectivity index (χ4n) is 0.775. The van der Waals surface area contributed by atoms with E-state index in [-0.39, 0.29) is 51.4 Å². The SMILES string of the molecule is C[CH-]CCCCCC.O=P(O)(O)O.[K+]. The minimum absolute atomic E-state index is 0. The van der Waals surface area contributed by atoms with Crippen molar-refractivity contribution in [2.45, 2.75) is 46.0 Å². The average molecular weight is 250 g/mol. The van der Waals surface area contributed by atoms with Crippen molar-refractivity contribution in [2.24, 2.45) is 0 Å². The van der Waals surface area contributed by atoms with Crippen molar-refractivity contribution in [1.82, 2.24) is 0 Å². The fourth-order valence-corrected chi connectivity index (χ4v) is 0.775. The monoisotopic (exact) mass is 250 g/mol. The Labute approximate surface area is 129 Å². The Balaban J connectivity index is -0.000000177. The predicted octanol–water partition coefficient (Wildman–Crippen LogP) is -0.744. The van der Waals surface area contributed by atoms with E-state index in [1.54, 1.807) is 0 Å². The molecular formula is C8H20KO4P. The summed E-state index contributed by atoms with van der Waals surface area (Å²) in [4.78, 5) is 21.6. The van der Waals surface area contributed by atoms with Crippen molar-refractivity contribution in [3.63, 3.8) is 0 Å². The van der Waals surface area contributed by atoms with Crippen molar-refractivity contribution >= 4 is 7.82 Å². The largest absolute Gasteiger partial charge is 1.00 e. The maximum absolute atomic E-state index is 8.88. The van der Waals surface area contributed by atoms with Crippen LogP contribution >= 0.6 is 7.82 Å². The number of hydrogen-bond acceptors (Lipinski definition) is 1. The van der Waals surface area contributed by atoms with E-state index in [0.29, 0.717) is 0 Å². The van der Waals surface area contributed by atoms with Gasteiger partial charge in [0, 0.05) is 0 Å². The van der Waals surface area contributed by atoms with E-state index in [9.17, 15) is 0 Å². The first kappa shape index (κ1) is 21.1. The maximum Gasteiger partial charge on any atom is 1.00 e. The molecule has 0 aliphatic carbocycles. The normalized spacial score (nSPS) is 9.79. The molecule has 6 heteroatoms. The zero-order valence-corrected chi connectivity index (χ0v) is 13.3. The van der Waals surface area contributed by atoms with Gasteiger partial charge in [0.2, 0.25) is 0 Å². The second-order valence-corrected chi connectivity index (χ2v) is 3.80. The Kier molecular flexibility index (Phi) is 22.2. The van der Waals surface area contributed by atoms with Crippen LogP contribution in [0.2, 0.25) is 0 Å². The van der Waals surface area contributed by atoms with Crippen LogP contribution in [-0.4, -0.2) is 14.7 Å². The van der Waals surface area contributed by atoms with Crippen molar-refractivity contribution in [2.75, 3.05) is 0 Å². The summed E-state index contributed by atoms with van der Waals surface area (Å²) in [6, 6.07) is 0. The van der Waals surface area contributed by atoms with E-state index >= 15 is 0 Å². The van der Waals surface area contributed by atoms with Crippen LogP contribution < -0.4 is 51.4 Å². The first-order chi connectivity index (χ1) is 5.91. The molecule has 0 saturated carbocycles. The molecule has 0 atom stereocenters. The van der Waals surface area contributed by atoms with Crippen LogP contribution in [-0.2, 0) is 4.57 Å². The van der Waals surface area contributed by atoms with Gasteiger partial charge in [0.05, 0.1) is 0 Å². The van der Waals surface area contributed by atoms with E-state index in [1.807, 2.05) is 0 Å². The van der Waals surface area contributed by atoms with Crippen molar-refractivity contribution in [3.05, 3.63) is 6.42 Å². The van der Waals surface area contributed by atoms with E-state index in [4.69, 9.17) is 19.2 Å². The smallest absolute Gasteiger partial charge is 0.332 e. The molecule has 0 rings (SSSR count). The fraction of sp³-hybridized carbons (Fsp3) is 0.875. The summed E-state index contributed by atoms with van der Waals surface area (Å²) in [6.07, 6.45) is 9.12. The molecule has 0 heterocycles. The molecule has 0 aromatic heterocycles. The number of hydrogen-bond donors (Lipinski definition) is 3. The molecule has 0 spiro atoms. The van der Waals surface area contributed by atoms with Gasteiger partial charge in [-0.25, -0.2) is 4.57 Å². The third kappa shape index (κ3) is 49.1. The van der Waals surface area contributed by atoms with E-state index in [1.165, 1.54) is 32.1 Å². The van der Waals surface area contributed by atoms with Crippen LogP contribution in [0.15, 0.2) is 0 Å². The van der Waals surface area contributed by atoms with Gasteiger partial charge in [-0.3, -0.25) is 0 Å². The zero-order chi connectivity index (χ0) is 10.7. The summed E-state index contributed by atoms with van der Waals surface area (Å²) in [5, 5.41) is 0. The molecule has 0 saturated heterocycles. The zero-order valence-electron chi connectivity index (χ0n) is 9.31. The van der Waals surface area contributed by atoms with Crippen molar-refractivity contribution in [3.8, 4) is 0 Å². The van der Waals surface area contributed by atoms with Gasteiger partial charge in [0.25, 0.3) is 0 Å². The van der Waals surface area contributed by atoms with Gasteiger partial charge in [-0.1, -0.05) is 32.6 Å². The second kappa shape index (κ2) is 14.7. The summed E-state index contributed by atoms with van der Waals surface area (Å²) < 4.78 is 8.88. The van der Waals surface area contributed by atoms with Crippen LogP contribution in [0.5, 0.6) is 0 Å². The molecule has 0 aliphatic heterocycles. The molecule has 4 nitrogen and oxygen atoms in total. The molecule has 3 N–H and O–H groups in total. The summed E-state index contributed by atoms with van der Waals surface area (Å²) in [7, 11) is -4.64. The Bertz CT molecular complexity index is 123. The van der Waals surface area contributed by atoms with Crippen molar-refractivity contribution in [1.29, 1.82) is 0 Å². The molecule has 0 unspecified atom stereocenters. The number of rotatable bonds is 5. The Hall–Kier alpha value is 1.75. The molecule has 0 aliphatic rings. The van der Waals surface area contributed by atoms with Crippen LogP contribution in [0, 0.1) is 6.42 Å². The van der Waals surface area contributed by atoms with Gasteiger partial charge in [0.1, 0.15) is 0 Å². The molecule has 0 fully saturated rings. The summed E-state index contributed by atoms with van der Waals surface area (Å²) in [5.74, 6) is 0. The number of phosphoric acid groups is 1. The molecule has 0 aromatic carbocycles. The Morgan fingerprint density at radius 1 is 1.14 bits per heavy atom. The standard InChI is InChI=1S/C8H17.K.H3O4P/c1-3-5-7-8-6-4-2;;1-5(2,3)4/h3H,4-8H2,1-2H3;;(H3,1,2,3,4)/q-1;+1;. The first-order valence-corrected chi connectivity index (χ1v) is 6.04. The molecular weight excluding hydrogens is 230 g/mol. The van der Waals surface area contributed by atoms with E-state index < -0.39 is 7.82 Å². The van der Waals surface area contributed by atoms with Gasteiger partial charge >= 0.3 is 59.2 Å². The molecule has 0 amide bonds. The maximum atomic E-state index is 8.88. The molecule has 0 radical (unpaired) electrons. The van der Waals surface area contributed by atoms with E-state index in [2.05, 4.69) is 20.3 Å². The minimum Gasteiger partial charge on any atom is -0.332 e. The van der Waals surface area contributed by atoms with Crippen LogP contribution in [0.25, 0.3) is 0 Å². The molecule has 82 valence electrons. The quantitative estimate of drug-likeness (QED) is 0.260. The van der Waals surface area contributed by atoms with E-state index in [0.717, 1.165) is 0 Å². The third-order valence-electron chi connectivity index (χ3n) is 1.35. The van der Waals surface area contributed by atoms with Crippen LogP contribution in [0.1, 0.15) is 46.0 Å². The van der Waals surface area contributed by atoms with Crippen molar-refractivity contribution < 1.29 is 70.6 Å². The summed E-state index contributed by atoms with van der Waals surface area (Å²) in [5.41, 5.74) is 0. The van der Waals surface area contributed by atoms with Gasteiger partial charge < -0.3 is 21.1 Å². The molecule has 14 heavy (non-hydrogen) atoms. The van der Waals surface area contributed by atoms with Gasteiger partial charge in [-0.2, -0.15) is 13.3 Å². The van der Waals surface area contributed by atoms with Crippen LogP contribution in [0.4, 0.5) is 0 Å². The Morgan fingerprint density at radius 3 is 1.86 bits per heavy atom. The summed E-state index contributed by atoms with van der Waals surface area (Å²) >= 11 is 0. The topological polar surface area (TPSA) is 77.8 Å². The molecule has 0 aromatic rings. The number of unbranched alkanes of at least 4 members (excludes halogenated alkanes) is 5. The second-order valence-electron chi connectivity index (χ2n) is 2.77. The third-order valence-corrected chi connectivity index (χ3v) is 1.35. The Morgan fingerprint density at radius 2 is 1.57 bits per heavy atom. The molecule has 0 bridgehead atoms. The van der Waals surface area contributed by atoms with Gasteiger partial charge in [-0.15, -0.1) is 0 Å². The summed E-state index contributed by atoms with van der Waals surface area (Å²) in [6.45, 7) is 4.38. The first-order valence-electron chi connectivity index (χ1n) is 4.48. The van der Waals surface area contributed by atoms with Gasteiger partial charge in [-0.05, 0) is 0 Å². The average Bonchev–Trinajstić information content (AvgIpc) is 1.95. The predicted molar refractivity (Wildman–Crippen MR) is 53.0 cm³/mol.